The van der Waals surface area contributed by atoms with E-state index in [0.717, 1.165) is 31.6 Å². The molecule has 2 fully saturated rings. The van der Waals surface area contributed by atoms with Crippen LogP contribution in [0.5, 0.6) is 5.75 Å². The number of hydrogen-bond acceptors (Lipinski definition) is 10. The molecular weight excluding hydrogens is 694 g/mol. The Morgan fingerprint density at radius 1 is 1.02 bits per heavy atom. The number of nitrogens with zero attached hydrogens (tertiary/aromatic N) is 5. The Labute approximate surface area is 301 Å². The first-order valence-electron chi connectivity index (χ1n) is 16.6. The number of aromatic nitrogens is 2. The van der Waals surface area contributed by atoms with Crippen molar-refractivity contribution in [1.82, 2.24) is 20.2 Å². The number of nitrogens with one attached hydrogen (secondary N) is 3. The quantitative estimate of drug-likeness (QED) is 0.146. The highest BCUT2D eigenvalue weighted by molar-refractivity contribution is 7.70. The third-order valence-electron chi connectivity index (χ3n) is 9.19. The summed E-state index contributed by atoms with van der Waals surface area (Å²) in [5, 5.41) is 9.75. The Balaban J connectivity index is 1.07. The van der Waals surface area contributed by atoms with E-state index in [1.165, 1.54) is 17.2 Å². The molecule has 2 aliphatic heterocycles. The largest absolute Gasteiger partial charge is 0.494 e. The summed E-state index contributed by atoms with van der Waals surface area (Å²) in [4.78, 5) is 38.4. The number of piperidine rings is 1. The molecular formula is C36H41ClFN8O4P. The van der Waals surface area contributed by atoms with E-state index >= 15 is 4.39 Å². The summed E-state index contributed by atoms with van der Waals surface area (Å²) >= 11 is 6.44. The highest BCUT2D eigenvalue weighted by atomic mass is 35.5. The molecule has 1 aromatic heterocycles. The number of carbonyl (C=O) groups excluding carboxylic acids is 2. The third-order valence-corrected chi connectivity index (χ3v) is 11.0. The van der Waals surface area contributed by atoms with Crippen molar-refractivity contribution >= 4 is 70.5 Å². The van der Waals surface area contributed by atoms with Crippen molar-refractivity contribution < 1.29 is 23.3 Å². The Morgan fingerprint density at radius 2 is 1.76 bits per heavy atom. The standard InChI is InChI=1S/C36H41ClFN8O4P/c1-44(22-23-9-10-26(19-28(23)38)46-18-15-33(47)42-36(46)48)24-13-16-45(17-14-24)25-11-12-29(31(20-25)50-2)41-35-39-21-27(37)34(43-35)40-30-7-5-6-8-32(30)51(3,4)49/h5-12,19-21,24H,13-18,22H2,1-4H3,(H,42,47,48)(H2,39,40,41,43). The van der Waals surface area contributed by atoms with Gasteiger partial charge in [-0.05, 0) is 69.6 Å². The minimum atomic E-state index is -2.56. The maximum absolute atomic E-state index is 15.1. The van der Waals surface area contributed by atoms with Gasteiger partial charge in [-0.25, -0.2) is 14.2 Å². The molecule has 0 aliphatic carbocycles. The number of rotatable bonds is 11. The zero-order valence-corrected chi connectivity index (χ0v) is 30.6. The van der Waals surface area contributed by atoms with Gasteiger partial charge in [-0.1, -0.05) is 29.8 Å². The third kappa shape index (κ3) is 8.44. The average Bonchev–Trinajstić information content (AvgIpc) is 3.10. The van der Waals surface area contributed by atoms with Crippen LogP contribution in [-0.4, -0.2) is 80.0 Å². The van der Waals surface area contributed by atoms with Crippen molar-refractivity contribution in [3.63, 3.8) is 0 Å². The number of urea groups is 1. The van der Waals surface area contributed by atoms with E-state index in [0.29, 0.717) is 57.0 Å². The second-order valence-corrected chi connectivity index (χ2v) is 16.6. The van der Waals surface area contributed by atoms with Crippen molar-refractivity contribution in [1.29, 1.82) is 0 Å². The summed E-state index contributed by atoms with van der Waals surface area (Å²) < 4.78 is 33.7. The topological polar surface area (TPSA) is 132 Å². The molecule has 2 saturated heterocycles. The van der Waals surface area contributed by atoms with Crippen LogP contribution in [0, 0.1) is 5.82 Å². The number of ether oxygens (including phenoxy) is 1. The van der Waals surface area contributed by atoms with E-state index in [9.17, 15) is 14.2 Å². The predicted octanol–water partition coefficient (Wildman–Crippen LogP) is 6.56. The number of para-hydroxylation sites is 1. The molecule has 0 spiro atoms. The molecule has 0 saturated carbocycles. The lowest BCUT2D eigenvalue weighted by Crippen LogP contribution is -2.49. The summed E-state index contributed by atoms with van der Waals surface area (Å²) in [5.74, 6) is 0.602. The van der Waals surface area contributed by atoms with Gasteiger partial charge in [-0.3, -0.25) is 19.9 Å². The van der Waals surface area contributed by atoms with E-state index in [1.54, 1.807) is 32.6 Å². The van der Waals surface area contributed by atoms with Gasteiger partial charge in [0.2, 0.25) is 11.9 Å². The molecule has 268 valence electrons. The Morgan fingerprint density at radius 3 is 2.47 bits per heavy atom. The van der Waals surface area contributed by atoms with Gasteiger partial charge in [0.1, 0.15) is 23.7 Å². The van der Waals surface area contributed by atoms with Crippen LogP contribution in [0.4, 0.5) is 43.7 Å². The molecule has 3 N–H and O–H groups in total. The van der Waals surface area contributed by atoms with Crippen molar-refractivity contribution in [2.75, 3.05) is 67.6 Å². The zero-order valence-electron chi connectivity index (χ0n) is 29.0. The van der Waals surface area contributed by atoms with Gasteiger partial charge in [0.05, 0.1) is 24.7 Å². The summed E-state index contributed by atoms with van der Waals surface area (Å²) in [6, 6.07) is 17.8. The van der Waals surface area contributed by atoms with Gasteiger partial charge < -0.3 is 24.8 Å². The van der Waals surface area contributed by atoms with Crippen LogP contribution in [0.3, 0.4) is 0 Å². The first-order chi connectivity index (χ1) is 24.4. The SMILES string of the molecule is COc1cc(N2CCC(N(C)Cc3ccc(N4CCC(=O)NC4=O)cc3F)CC2)ccc1Nc1ncc(Cl)c(Nc2ccccc2P(C)(C)=O)n1. The molecule has 0 atom stereocenters. The second kappa shape index (κ2) is 15.3. The average molecular weight is 735 g/mol. The number of methoxy groups -OCH3 is 1. The molecule has 0 radical (unpaired) electrons. The summed E-state index contributed by atoms with van der Waals surface area (Å²) in [7, 11) is 1.06. The van der Waals surface area contributed by atoms with Crippen molar-refractivity contribution in [2.24, 2.45) is 0 Å². The lowest BCUT2D eigenvalue weighted by Gasteiger charge is -2.38. The van der Waals surface area contributed by atoms with E-state index in [-0.39, 0.29) is 30.7 Å². The van der Waals surface area contributed by atoms with Gasteiger partial charge in [-0.2, -0.15) is 4.98 Å². The molecule has 4 aromatic rings. The first-order valence-corrected chi connectivity index (χ1v) is 19.6. The molecule has 15 heteroatoms. The summed E-state index contributed by atoms with van der Waals surface area (Å²) in [6.07, 6.45) is 3.47. The lowest BCUT2D eigenvalue weighted by molar-refractivity contribution is -0.120. The molecule has 0 bridgehead atoms. The fourth-order valence-electron chi connectivity index (χ4n) is 6.40. The van der Waals surface area contributed by atoms with Crippen LogP contribution in [0.25, 0.3) is 0 Å². The molecule has 3 amide bonds. The predicted molar refractivity (Wildman–Crippen MR) is 201 cm³/mol. The molecule has 0 unspecified atom stereocenters. The first kappa shape index (κ1) is 36.1. The maximum atomic E-state index is 15.1. The van der Waals surface area contributed by atoms with E-state index in [1.807, 2.05) is 49.5 Å². The number of halogens is 2. The fraction of sp³-hybridized carbons (Fsp3) is 0.333. The van der Waals surface area contributed by atoms with Crippen molar-refractivity contribution in [3.05, 3.63) is 83.3 Å². The number of amides is 3. The number of imide groups is 1. The van der Waals surface area contributed by atoms with E-state index < -0.39 is 13.2 Å². The maximum Gasteiger partial charge on any atom is 0.328 e. The molecule has 2 aliphatic rings. The fourth-order valence-corrected chi connectivity index (χ4v) is 7.69. The number of hydrogen-bond donors (Lipinski definition) is 3. The van der Waals surface area contributed by atoms with Crippen molar-refractivity contribution in [3.8, 4) is 5.75 Å². The monoisotopic (exact) mass is 734 g/mol. The molecule has 3 heterocycles. The van der Waals surface area contributed by atoms with Crippen LogP contribution in [0.15, 0.2) is 66.9 Å². The van der Waals surface area contributed by atoms with Crippen LogP contribution in [-0.2, 0) is 15.9 Å². The second-order valence-electron chi connectivity index (χ2n) is 13.1. The van der Waals surface area contributed by atoms with Crippen LogP contribution < -0.4 is 35.8 Å². The number of carbonyl (C=O) groups is 2. The van der Waals surface area contributed by atoms with E-state index in [2.05, 4.69) is 35.7 Å². The van der Waals surface area contributed by atoms with Gasteiger partial charge in [0.25, 0.3) is 0 Å². The zero-order chi connectivity index (χ0) is 36.3. The van der Waals surface area contributed by atoms with Gasteiger partial charge in [-0.15, -0.1) is 0 Å². The molecule has 51 heavy (non-hydrogen) atoms. The van der Waals surface area contributed by atoms with Crippen LogP contribution >= 0.6 is 18.7 Å². The Bertz CT molecular complexity index is 1990. The van der Waals surface area contributed by atoms with Gasteiger partial charge in [0, 0.05) is 67.0 Å². The van der Waals surface area contributed by atoms with Crippen LogP contribution in [0.2, 0.25) is 5.02 Å². The molecule has 3 aromatic carbocycles. The van der Waals surface area contributed by atoms with Crippen LogP contribution in [0.1, 0.15) is 24.8 Å². The normalized spacial score (nSPS) is 15.6. The summed E-state index contributed by atoms with van der Waals surface area (Å²) in [5.41, 5.74) is 3.34. The lowest BCUT2D eigenvalue weighted by atomic mass is 10.0. The summed E-state index contributed by atoms with van der Waals surface area (Å²) in [6.45, 7) is 5.72. The highest BCUT2D eigenvalue weighted by Gasteiger charge is 2.27. The minimum absolute atomic E-state index is 0.184. The highest BCUT2D eigenvalue weighted by Crippen LogP contribution is 2.39. The Hall–Kier alpha value is -4.71. The minimum Gasteiger partial charge on any atom is -0.494 e. The van der Waals surface area contributed by atoms with Crippen molar-refractivity contribution in [2.45, 2.75) is 31.8 Å². The van der Waals surface area contributed by atoms with Gasteiger partial charge in [0.15, 0.2) is 5.82 Å². The van der Waals surface area contributed by atoms with E-state index in [4.69, 9.17) is 16.3 Å². The number of anilines is 6. The smallest absolute Gasteiger partial charge is 0.328 e. The molecule has 6 rings (SSSR count). The van der Waals surface area contributed by atoms with Gasteiger partial charge >= 0.3 is 6.03 Å². The Kier molecular flexibility index (Phi) is 10.8. The number of benzene rings is 3. The molecule has 12 nitrogen and oxygen atoms in total.